The zero-order valence-corrected chi connectivity index (χ0v) is 18.5. The van der Waals surface area contributed by atoms with Crippen LogP contribution in [0.4, 0.5) is 0 Å². The molecule has 0 saturated heterocycles. The number of hydrogen-bond donors (Lipinski definition) is 0. The molecule has 0 N–H and O–H groups in total. The van der Waals surface area contributed by atoms with Crippen LogP contribution in [0.15, 0.2) is 62.9 Å². The third-order valence-electron chi connectivity index (χ3n) is 4.85. The van der Waals surface area contributed by atoms with Gasteiger partial charge in [0.2, 0.25) is 0 Å². The van der Waals surface area contributed by atoms with E-state index in [0.29, 0.717) is 21.7 Å². The Bertz CT molecular complexity index is 1340. The minimum atomic E-state index is -0.204. The average Bonchev–Trinajstić information content (AvgIpc) is 2.96. The monoisotopic (exact) mass is 468 g/mol. The fourth-order valence-corrected chi connectivity index (χ4v) is 4.02. The van der Waals surface area contributed by atoms with Gasteiger partial charge in [0.1, 0.15) is 5.82 Å². The van der Waals surface area contributed by atoms with Crippen molar-refractivity contribution in [3.05, 3.63) is 91.2 Å². The summed E-state index contributed by atoms with van der Waals surface area (Å²) in [4.78, 5) is 17.4. The molecule has 4 aromatic rings. The second-order valence-corrected chi connectivity index (χ2v) is 8.12. The Balaban J connectivity index is 1.81. The molecule has 2 aromatic heterocycles. The molecule has 29 heavy (non-hydrogen) atoms. The Hall–Kier alpha value is -2.70. The van der Waals surface area contributed by atoms with Gasteiger partial charge in [0.15, 0.2) is 0 Å². The summed E-state index contributed by atoms with van der Waals surface area (Å²) in [6.45, 7) is 5.79. The minimum Gasteiger partial charge on any atom is -0.316 e. The first-order valence-electron chi connectivity index (χ1n) is 9.04. The highest BCUT2D eigenvalue weighted by Gasteiger charge is 2.12. The fraction of sp³-hybridized carbons (Fsp3) is 0.136. The highest BCUT2D eigenvalue weighted by atomic mass is 79.9. The summed E-state index contributed by atoms with van der Waals surface area (Å²) in [5, 5.41) is 5.63. The predicted molar refractivity (Wildman–Crippen MR) is 122 cm³/mol. The van der Waals surface area contributed by atoms with E-state index in [4.69, 9.17) is 11.6 Å². The van der Waals surface area contributed by atoms with Crippen LogP contribution in [0.2, 0.25) is 5.02 Å². The van der Waals surface area contributed by atoms with Crippen molar-refractivity contribution in [2.75, 3.05) is 0 Å². The topological polar surface area (TPSA) is 52.2 Å². The fourth-order valence-electron chi connectivity index (χ4n) is 3.44. The zero-order chi connectivity index (χ0) is 20.7. The summed E-state index contributed by atoms with van der Waals surface area (Å²) in [5.41, 5.74) is 4.28. The van der Waals surface area contributed by atoms with E-state index in [1.54, 1.807) is 19.2 Å². The predicted octanol–water partition coefficient (Wildman–Crippen LogP) is 5.41. The van der Waals surface area contributed by atoms with E-state index < -0.39 is 0 Å². The molecule has 0 amide bonds. The second kappa shape index (κ2) is 7.61. The molecule has 0 atom stereocenters. The molecule has 5 nitrogen and oxygen atoms in total. The van der Waals surface area contributed by atoms with Crippen LogP contribution in [-0.2, 0) is 0 Å². The third-order valence-corrected chi connectivity index (χ3v) is 5.66. The highest BCUT2D eigenvalue weighted by Crippen LogP contribution is 2.25. The molecule has 0 aliphatic heterocycles. The minimum absolute atomic E-state index is 0.204. The number of aromatic nitrogens is 3. The number of rotatable bonds is 3. The van der Waals surface area contributed by atoms with E-state index in [2.05, 4.69) is 30.6 Å². The Labute approximate surface area is 181 Å². The maximum absolute atomic E-state index is 12.9. The molecular weight excluding hydrogens is 452 g/mol. The summed E-state index contributed by atoms with van der Waals surface area (Å²) < 4.78 is 4.23. The highest BCUT2D eigenvalue weighted by molar-refractivity contribution is 9.10. The summed E-state index contributed by atoms with van der Waals surface area (Å²) in [5.74, 6) is 0.529. The number of nitrogens with zero attached hydrogens (tertiary/aromatic N) is 4. The van der Waals surface area contributed by atoms with Gasteiger partial charge in [-0.25, -0.2) is 4.98 Å². The van der Waals surface area contributed by atoms with Gasteiger partial charge in [-0.1, -0.05) is 39.7 Å². The van der Waals surface area contributed by atoms with Crippen LogP contribution in [0.1, 0.15) is 22.8 Å². The van der Waals surface area contributed by atoms with Gasteiger partial charge in [0, 0.05) is 21.4 Å². The van der Waals surface area contributed by atoms with Crippen LogP contribution in [-0.4, -0.2) is 20.4 Å². The molecule has 0 aliphatic rings. The lowest BCUT2D eigenvalue weighted by molar-refractivity contribution is 0.770. The van der Waals surface area contributed by atoms with E-state index in [0.717, 1.165) is 27.1 Å². The van der Waals surface area contributed by atoms with E-state index in [1.165, 1.54) is 4.68 Å². The second-order valence-electron chi connectivity index (χ2n) is 6.80. The van der Waals surface area contributed by atoms with Gasteiger partial charge in [-0.2, -0.15) is 9.78 Å². The van der Waals surface area contributed by atoms with Crippen molar-refractivity contribution in [1.29, 1.82) is 0 Å². The number of fused-ring (bicyclic) bond motifs is 1. The van der Waals surface area contributed by atoms with Crippen LogP contribution in [0.25, 0.3) is 16.6 Å². The molecule has 0 aliphatic carbocycles. The lowest BCUT2D eigenvalue weighted by Crippen LogP contribution is -2.20. The van der Waals surface area contributed by atoms with Crippen LogP contribution >= 0.6 is 27.5 Å². The van der Waals surface area contributed by atoms with Crippen LogP contribution in [0.5, 0.6) is 0 Å². The molecule has 146 valence electrons. The SMILES string of the molecule is Cc1cc(C=Nn2c(C)nc3ccc(Br)cc3c2=O)c(C)n1-c1ccccc1Cl. The summed E-state index contributed by atoms with van der Waals surface area (Å²) in [6, 6.07) is 15.2. The van der Waals surface area contributed by atoms with Gasteiger partial charge < -0.3 is 4.57 Å². The molecule has 0 radical (unpaired) electrons. The van der Waals surface area contributed by atoms with E-state index in [-0.39, 0.29) is 5.56 Å². The van der Waals surface area contributed by atoms with Crippen molar-refractivity contribution in [2.24, 2.45) is 5.10 Å². The first-order valence-corrected chi connectivity index (χ1v) is 10.2. The first kappa shape index (κ1) is 19.6. The molecule has 0 saturated carbocycles. The molecule has 0 unspecified atom stereocenters. The molecule has 2 aromatic carbocycles. The smallest absolute Gasteiger partial charge is 0.282 e. The van der Waals surface area contributed by atoms with Gasteiger partial charge in [0.05, 0.1) is 27.8 Å². The van der Waals surface area contributed by atoms with Gasteiger partial charge in [-0.05, 0) is 57.2 Å². The third kappa shape index (κ3) is 3.54. The van der Waals surface area contributed by atoms with Crippen molar-refractivity contribution < 1.29 is 0 Å². The Kier molecular flexibility index (Phi) is 5.15. The molecule has 0 spiro atoms. The average molecular weight is 470 g/mol. The normalized spacial score (nSPS) is 11.6. The Morgan fingerprint density at radius 1 is 1.10 bits per heavy atom. The van der Waals surface area contributed by atoms with Crippen molar-refractivity contribution >= 4 is 44.6 Å². The van der Waals surface area contributed by atoms with E-state index in [9.17, 15) is 4.79 Å². The van der Waals surface area contributed by atoms with Gasteiger partial charge in [-0.15, -0.1) is 0 Å². The molecule has 7 heteroatoms. The quantitative estimate of drug-likeness (QED) is 0.377. The van der Waals surface area contributed by atoms with Crippen LogP contribution in [0, 0.1) is 20.8 Å². The van der Waals surface area contributed by atoms with Gasteiger partial charge in [0.25, 0.3) is 5.56 Å². The lowest BCUT2D eigenvalue weighted by Gasteiger charge is -2.11. The van der Waals surface area contributed by atoms with E-state index >= 15 is 0 Å². The van der Waals surface area contributed by atoms with Crippen molar-refractivity contribution in [2.45, 2.75) is 20.8 Å². The van der Waals surface area contributed by atoms with Crippen LogP contribution in [0.3, 0.4) is 0 Å². The summed E-state index contributed by atoms with van der Waals surface area (Å²) in [6.07, 6.45) is 1.69. The van der Waals surface area contributed by atoms with Crippen molar-refractivity contribution in [3.63, 3.8) is 0 Å². The molecular formula is C22H18BrClN4O. The Morgan fingerprint density at radius 2 is 1.86 bits per heavy atom. The summed E-state index contributed by atoms with van der Waals surface area (Å²) in [7, 11) is 0. The first-order chi connectivity index (χ1) is 13.9. The van der Waals surface area contributed by atoms with Gasteiger partial charge >= 0.3 is 0 Å². The van der Waals surface area contributed by atoms with Crippen LogP contribution < -0.4 is 5.56 Å². The zero-order valence-electron chi connectivity index (χ0n) is 16.1. The van der Waals surface area contributed by atoms with Crippen molar-refractivity contribution in [1.82, 2.24) is 14.2 Å². The molecule has 4 rings (SSSR count). The largest absolute Gasteiger partial charge is 0.316 e. The maximum atomic E-state index is 12.9. The van der Waals surface area contributed by atoms with Crippen molar-refractivity contribution in [3.8, 4) is 5.69 Å². The molecule has 0 bridgehead atoms. The number of hydrogen-bond acceptors (Lipinski definition) is 3. The number of halogens is 2. The lowest BCUT2D eigenvalue weighted by atomic mass is 10.2. The summed E-state index contributed by atoms with van der Waals surface area (Å²) >= 11 is 9.79. The number of benzene rings is 2. The Morgan fingerprint density at radius 3 is 2.62 bits per heavy atom. The van der Waals surface area contributed by atoms with E-state index in [1.807, 2.05) is 56.3 Å². The number of para-hydroxylation sites is 1. The molecule has 0 fully saturated rings. The number of aryl methyl sites for hydroxylation is 2. The van der Waals surface area contributed by atoms with Gasteiger partial charge in [-0.3, -0.25) is 4.79 Å². The molecule has 2 heterocycles. The standard InChI is InChI=1S/C22H18BrClN4O/c1-13-10-16(14(2)27(13)21-7-5-4-6-19(21)24)12-25-28-15(3)26-20-9-8-17(23)11-18(20)22(28)29/h4-12H,1-3H3. The maximum Gasteiger partial charge on any atom is 0.282 e.